The minimum absolute atomic E-state index is 0.617. The zero-order chi connectivity index (χ0) is 11.8. The number of carboxylic acid groups (broad SMARTS) is 1. The number of thiophene rings is 1. The van der Waals surface area contributed by atoms with Crippen molar-refractivity contribution in [3.63, 3.8) is 0 Å². The van der Waals surface area contributed by atoms with Crippen LogP contribution in [0.15, 0.2) is 22.2 Å². The lowest BCUT2D eigenvalue weighted by Crippen LogP contribution is -2.28. The van der Waals surface area contributed by atoms with Gasteiger partial charge >= 0.3 is 5.97 Å². The van der Waals surface area contributed by atoms with Gasteiger partial charge in [0.1, 0.15) is 10.4 Å². The molecule has 2 heterocycles. The summed E-state index contributed by atoms with van der Waals surface area (Å²) in [6, 6.07) is 1.99. The zero-order valence-corrected chi connectivity index (χ0v) is 10.6. The number of nitrogens with zero attached hydrogens (tertiary/aromatic N) is 1. The average molecular weight is 253 g/mol. The van der Waals surface area contributed by atoms with E-state index in [1.54, 1.807) is 25.2 Å². The number of carboxylic acids is 1. The summed E-state index contributed by atoms with van der Waals surface area (Å²) in [5.41, 5.74) is 0.749. The standard InChI is InChI=1S/C11H11NO2S2/c1-11(2,10(13)14)8-6-16-9(12-8)7-3-4-15-5-7/h3-6H,1-2H3,(H,13,14). The van der Waals surface area contributed by atoms with Gasteiger partial charge in [-0.3, -0.25) is 4.79 Å². The minimum Gasteiger partial charge on any atom is -0.481 e. The van der Waals surface area contributed by atoms with Gasteiger partial charge in [-0.25, -0.2) is 4.98 Å². The Morgan fingerprint density at radius 1 is 1.44 bits per heavy atom. The number of carbonyl (C=O) groups is 1. The molecule has 3 nitrogen and oxygen atoms in total. The molecule has 0 aliphatic carbocycles. The van der Waals surface area contributed by atoms with Crippen LogP contribution in [0.25, 0.3) is 10.6 Å². The van der Waals surface area contributed by atoms with Gasteiger partial charge in [0.25, 0.3) is 0 Å². The van der Waals surface area contributed by atoms with E-state index in [1.165, 1.54) is 11.3 Å². The van der Waals surface area contributed by atoms with Crippen molar-refractivity contribution in [1.82, 2.24) is 4.98 Å². The second-order valence-corrected chi connectivity index (χ2v) is 5.62. The van der Waals surface area contributed by atoms with E-state index in [-0.39, 0.29) is 0 Å². The molecule has 5 heteroatoms. The maximum atomic E-state index is 11.1. The van der Waals surface area contributed by atoms with Crippen LogP contribution in [0.3, 0.4) is 0 Å². The summed E-state index contributed by atoms with van der Waals surface area (Å²) in [7, 11) is 0. The first-order chi connectivity index (χ1) is 7.51. The summed E-state index contributed by atoms with van der Waals surface area (Å²) in [4.78, 5) is 15.5. The maximum Gasteiger partial charge on any atom is 0.315 e. The number of rotatable bonds is 3. The zero-order valence-electron chi connectivity index (χ0n) is 8.93. The molecule has 0 spiro atoms. The van der Waals surface area contributed by atoms with Gasteiger partial charge in [0.15, 0.2) is 0 Å². The lowest BCUT2D eigenvalue weighted by atomic mass is 9.90. The largest absolute Gasteiger partial charge is 0.481 e. The van der Waals surface area contributed by atoms with Crippen LogP contribution < -0.4 is 0 Å². The third-order valence-corrected chi connectivity index (χ3v) is 4.02. The topological polar surface area (TPSA) is 50.2 Å². The van der Waals surface area contributed by atoms with E-state index in [0.29, 0.717) is 5.69 Å². The fourth-order valence-corrected chi connectivity index (χ4v) is 2.89. The summed E-state index contributed by atoms with van der Waals surface area (Å²) < 4.78 is 0. The summed E-state index contributed by atoms with van der Waals surface area (Å²) in [6.45, 7) is 3.34. The second kappa shape index (κ2) is 3.99. The average Bonchev–Trinajstić information content (AvgIpc) is 2.88. The molecule has 0 aliphatic heterocycles. The first-order valence-corrected chi connectivity index (χ1v) is 6.56. The second-order valence-electron chi connectivity index (χ2n) is 3.98. The van der Waals surface area contributed by atoms with Crippen LogP contribution in [0.4, 0.5) is 0 Å². The Morgan fingerprint density at radius 3 is 2.75 bits per heavy atom. The van der Waals surface area contributed by atoms with Crippen molar-refractivity contribution in [2.24, 2.45) is 0 Å². The first-order valence-electron chi connectivity index (χ1n) is 4.74. The van der Waals surface area contributed by atoms with Crippen molar-refractivity contribution in [1.29, 1.82) is 0 Å². The van der Waals surface area contributed by atoms with Gasteiger partial charge in [-0.15, -0.1) is 11.3 Å². The summed E-state index contributed by atoms with van der Waals surface area (Å²) in [6.07, 6.45) is 0. The number of hydrogen-bond acceptors (Lipinski definition) is 4. The Balaban J connectivity index is 2.37. The number of hydrogen-bond donors (Lipinski definition) is 1. The van der Waals surface area contributed by atoms with Crippen LogP contribution in [0.5, 0.6) is 0 Å². The molecule has 0 radical (unpaired) electrons. The fraction of sp³-hybridized carbons (Fsp3) is 0.273. The third kappa shape index (κ3) is 1.88. The van der Waals surface area contributed by atoms with E-state index in [2.05, 4.69) is 4.98 Å². The van der Waals surface area contributed by atoms with E-state index in [1.807, 2.05) is 22.2 Å². The first kappa shape index (κ1) is 11.3. The van der Waals surface area contributed by atoms with Gasteiger partial charge in [0.05, 0.1) is 5.69 Å². The van der Waals surface area contributed by atoms with Gasteiger partial charge in [-0.2, -0.15) is 11.3 Å². The Kier molecular flexibility index (Phi) is 2.82. The normalized spacial score (nSPS) is 11.6. The predicted molar refractivity (Wildman–Crippen MR) is 66.1 cm³/mol. The van der Waals surface area contributed by atoms with Gasteiger partial charge in [0, 0.05) is 16.3 Å². The molecule has 2 aromatic rings. The van der Waals surface area contributed by atoms with Crippen molar-refractivity contribution < 1.29 is 9.90 Å². The molecule has 16 heavy (non-hydrogen) atoms. The van der Waals surface area contributed by atoms with E-state index >= 15 is 0 Å². The van der Waals surface area contributed by atoms with Crippen molar-refractivity contribution in [3.05, 3.63) is 27.9 Å². The van der Waals surface area contributed by atoms with E-state index in [0.717, 1.165) is 10.6 Å². The van der Waals surface area contributed by atoms with E-state index in [4.69, 9.17) is 5.11 Å². The molecular formula is C11H11NO2S2. The predicted octanol–water partition coefficient (Wildman–Crippen LogP) is 3.23. The Bertz CT molecular complexity index is 500. The molecule has 0 aliphatic rings. The highest BCUT2D eigenvalue weighted by Gasteiger charge is 2.32. The minimum atomic E-state index is -0.926. The fourth-order valence-electron chi connectivity index (χ4n) is 1.19. The van der Waals surface area contributed by atoms with Gasteiger partial charge in [0.2, 0.25) is 0 Å². The highest BCUT2D eigenvalue weighted by molar-refractivity contribution is 7.14. The SMILES string of the molecule is CC(C)(C(=O)O)c1csc(-c2ccsc2)n1. The Morgan fingerprint density at radius 2 is 2.19 bits per heavy atom. The van der Waals surface area contributed by atoms with Crippen LogP contribution in [0, 0.1) is 0 Å². The molecule has 84 valence electrons. The molecule has 0 unspecified atom stereocenters. The summed E-state index contributed by atoms with van der Waals surface area (Å²) in [5.74, 6) is -0.852. The van der Waals surface area contributed by atoms with Crippen molar-refractivity contribution >= 4 is 28.6 Å². The summed E-state index contributed by atoms with van der Waals surface area (Å²) >= 11 is 3.09. The van der Waals surface area contributed by atoms with Gasteiger partial charge in [-0.1, -0.05) is 0 Å². The Labute approximate surface area is 101 Å². The molecule has 2 aromatic heterocycles. The quantitative estimate of drug-likeness (QED) is 0.913. The lowest BCUT2D eigenvalue weighted by molar-refractivity contribution is -0.142. The van der Waals surface area contributed by atoms with Gasteiger partial charge in [-0.05, 0) is 25.3 Å². The smallest absolute Gasteiger partial charge is 0.315 e. The highest BCUT2D eigenvalue weighted by Crippen LogP contribution is 2.31. The van der Waals surface area contributed by atoms with Crippen molar-refractivity contribution in [2.45, 2.75) is 19.3 Å². The van der Waals surface area contributed by atoms with Crippen molar-refractivity contribution in [3.8, 4) is 10.6 Å². The van der Waals surface area contributed by atoms with Crippen LogP contribution in [0.2, 0.25) is 0 Å². The highest BCUT2D eigenvalue weighted by atomic mass is 32.1. The van der Waals surface area contributed by atoms with Gasteiger partial charge < -0.3 is 5.11 Å². The van der Waals surface area contributed by atoms with Crippen LogP contribution in [-0.2, 0) is 10.2 Å². The molecule has 0 atom stereocenters. The molecule has 0 amide bonds. The molecule has 0 bridgehead atoms. The molecule has 2 rings (SSSR count). The van der Waals surface area contributed by atoms with E-state index < -0.39 is 11.4 Å². The number of aliphatic carboxylic acids is 1. The molecule has 0 aromatic carbocycles. The molecular weight excluding hydrogens is 242 g/mol. The van der Waals surface area contributed by atoms with Crippen molar-refractivity contribution in [2.75, 3.05) is 0 Å². The number of thiazole rings is 1. The number of aromatic nitrogens is 1. The maximum absolute atomic E-state index is 11.1. The summed E-state index contributed by atoms with van der Waals surface area (Å²) in [5, 5.41) is 15.8. The Hall–Kier alpha value is -1.20. The van der Waals surface area contributed by atoms with Crippen LogP contribution in [-0.4, -0.2) is 16.1 Å². The monoisotopic (exact) mass is 253 g/mol. The van der Waals surface area contributed by atoms with Crippen LogP contribution >= 0.6 is 22.7 Å². The molecule has 1 N–H and O–H groups in total. The van der Waals surface area contributed by atoms with E-state index in [9.17, 15) is 4.79 Å². The lowest BCUT2D eigenvalue weighted by Gasteiger charge is -2.15. The molecule has 0 fully saturated rings. The molecule has 0 saturated carbocycles. The third-order valence-electron chi connectivity index (χ3n) is 2.45. The van der Waals surface area contributed by atoms with Crippen LogP contribution in [0.1, 0.15) is 19.5 Å². The molecule has 0 saturated heterocycles.